The molecular formula is C19H11Cl3INO4S. The van der Waals surface area contributed by atoms with Gasteiger partial charge in [-0.3, -0.25) is 4.79 Å². The molecule has 1 aromatic heterocycles. The number of halogens is 4. The zero-order valence-corrected chi connectivity index (χ0v) is 19.8. The zero-order chi connectivity index (χ0) is 21.3. The van der Waals surface area contributed by atoms with E-state index in [1.165, 1.54) is 24.5 Å². The minimum Gasteiger partial charge on any atom is -0.495 e. The van der Waals surface area contributed by atoms with Gasteiger partial charge in [0, 0.05) is 15.0 Å². The maximum Gasteiger partial charge on any atom is 0.339 e. The Labute approximate surface area is 198 Å². The van der Waals surface area contributed by atoms with Gasteiger partial charge in [-0.15, -0.1) is 11.3 Å². The van der Waals surface area contributed by atoms with Gasteiger partial charge in [0.25, 0.3) is 5.91 Å². The lowest BCUT2D eigenvalue weighted by Gasteiger charge is -2.12. The van der Waals surface area contributed by atoms with Crippen molar-refractivity contribution in [2.24, 2.45) is 0 Å². The van der Waals surface area contributed by atoms with Crippen molar-refractivity contribution in [3.05, 3.63) is 65.5 Å². The number of carbonyl (C=O) groups excluding carboxylic acids is 1. The third kappa shape index (κ3) is 4.49. The van der Waals surface area contributed by atoms with Crippen LogP contribution >= 0.6 is 68.7 Å². The summed E-state index contributed by atoms with van der Waals surface area (Å²) < 4.78 is 6.08. The summed E-state index contributed by atoms with van der Waals surface area (Å²) in [7, 11) is 1.39. The zero-order valence-electron chi connectivity index (χ0n) is 14.6. The van der Waals surface area contributed by atoms with E-state index in [1.807, 2.05) is 24.3 Å². The lowest BCUT2D eigenvalue weighted by molar-refractivity contribution is 0.0699. The average molecular weight is 583 g/mol. The Morgan fingerprint density at radius 1 is 1.10 bits per heavy atom. The van der Waals surface area contributed by atoms with Crippen molar-refractivity contribution >= 4 is 86.3 Å². The van der Waals surface area contributed by atoms with Crippen LogP contribution in [0, 0.1) is 3.57 Å². The third-order valence-corrected chi connectivity index (χ3v) is 6.83. The number of benzene rings is 2. The van der Waals surface area contributed by atoms with Gasteiger partial charge >= 0.3 is 5.97 Å². The van der Waals surface area contributed by atoms with E-state index in [0.717, 1.165) is 9.13 Å². The fraction of sp³-hybridized carbons (Fsp3) is 0.0526. The Kier molecular flexibility index (Phi) is 6.95. The lowest BCUT2D eigenvalue weighted by Crippen LogP contribution is -2.15. The highest BCUT2D eigenvalue weighted by Crippen LogP contribution is 2.41. The average Bonchev–Trinajstić information content (AvgIpc) is 3.09. The first-order valence-electron chi connectivity index (χ1n) is 7.88. The van der Waals surface area contributed by atoms with Crippen LogP contribution in [0.4, 0.5) is 5.69 Å². The highest BCUT2D eigenvalue weighted by atomic mass is 127. The smallest absolute Gasteiger partial charge is 0.339 e. The lowest BCUT2D eigenvalue weighted by atomic mass is 10.1. The second-order valence-electron chi connectivity index (χ2n) is 5.68. The van der Waals surface area contributed by atoms with Gasteiger partial charge in [0.2, 0.25) is 0 Å². The second-order valence-corrected chi connectivity index (χ2v) is 8.97. The molecule has 2 N–H and O–H groups in total. The molecule has 0 aliphatic carbocycles. The topological polar surface area (TPSA) is 75.6 Å². The molecule has 0 aliphatic heterocycles. The molecule has 3 rings (SSSR count). The number of nitrogens with one attached hydrogen (secondary N) is 1. The number of methoxy groups -OCH3 is 1. The van der Waals surface area contributed by atoms with Crippen molar-refractivity contribution in [1.82, 2.24) is 0 Å². The Morgan fingerprint density at radius 3 is 2.34 bits per heavy atom. The Hall–Kier alpha value is -1.52. The monoisotopic (exact) mass is 581 g/mol. The van der Waals surface area contributed by atoms with E-state index in [2.05, 4.69) is 27.9 Å². The van der Waals surface area contributed by atoms with Crippen LogP contribution in [0.15, 0.2) is 35.7 Å². The van der Waals surface area contributed by atoms with E-state index in [0.29, 0.717) is 4.88 Å². The summed E-state index contributed by atoms with van der Waals surface area (Å²) in [6, 6.07) is 8.76. The van der Waals surface area contributed by atoms with Gasteiger partial charge in [0.05, 0.1) is 33.3 Å². The Bertz CT molecular complexity index is 1120. The number of ether oxygens (including phenoxy) is 1. The van der Waals surface area contributed by atoms with Crippen LogP contribution in [0.3, 0.4) is 0 Å². The van der Waals surface area contributed by atoms with Crippen molar-refractivity contribution in [1.29, 1.82) is 0 Å². The van der Waals surface area contributed by atoms with Gasteiger partial charge in [-0.2, -0.15) is 0 Å². The van der Waals surface area contributed by atoms with Crippen LogP contribution in [0.1, 0.15) is 20.7 Å². The Morgan fingerprint density at radius 2 is 1.76 bits per heavy atom. The fourth-order valence-electron chi connectivity index (χ4n) is 2.59. The molecule has 29 heavy (non-hydrogen) atoms. The first kappa shape index (κ1) is 22.2. The summed E-state index contributed by atoms with van der Waals surface area (Å²) in [6.07, 6.45) is 0. The number of rotatable bonds is 5. The van der Waals surface area contributed by atoms with Gasteiger partial charge in [0.1, 0.15) is 16.3 Å². The Balaban J connectivity index is 2.01. The van der Waals surface area contributed by atoms with Crippen LogP contribution in [-0.2, 0) is 0 Å². The summed E-state index contributed by atoms with van der Waals surface area (Å²) in [5.41, 5.74) is 0.783. The quantitative estimate of drug-likeness (QED) is 0.253. The fourth-order valence-corrected chi connectivity index (χ4v) is 4.78. The van der Waals surface area contributed by atoms with Crippen LogP contribution in [0.25, 0.3) is 10.4 Å². The number of hydrogen-bond donors (Lipinski definition) is 2. The van der Waals surface area contributed by atoms with E-state index < -0.39 is 11.9 Å². The van der Waals surface area contributed by atoms with Gasteiger partial charge in [-0.25, -0.2) is 4.79 Å². The molecule has 1 amide bonds. The van der Waals surface area contributed by atoms with Crippen LogP contribution in [-0.4, -0.2) is 24.1 Å². The molecule has 0 bridgehead atoms. The van der Waals surface area contributed by atoms with E-state index >= 15 is 0 Å². The molecule has 1 heterocycles. The molecular weight excluding hydrogens is 572 g/mol. The molecule has 5 nitrogen and oxygen atoms in total. The van der Waals surface area contributed by atoms with Crippen molar-refractivity contribution in [2.45, 2.75) is 0 Å². The first-order valence-corrected chi connectivity index (χ1v) is 11.0. The maximum atomic E-state index is 12.8. The van der Waals surface area contributed by atoms with E-state index in [-0.39, 0.29) is 37.6 Å². The molecule has 3 aromatic rings. The summed E-state index contributed by atoms with van der Waals surface area (Å²) in [5, 5.41) is 13.8. The van der Waals surface area contributed by atoms with Crippen molar-refractivity contribution in [3.63, 3.8) is 0 Å². The highest BCUT2D eigenvalue weighted by molar-refractivity contribution is 14.1. The molecule has 2 aromatic carbocycles. The minimum absolute atomic E-state index is 0.0172. The summed E-state index contributed by atoms with van der Waals surface area (Å²) in [5.74, 6) is -1.62. The number of hydrogen-bond acceptors (Lipinski definition) is 4. The van der Waals surface area contributed by atoms with Gasteiger partial charge in [-0.05, 0) is 40.3 Å². The first-order chi connectivity index (χ1) is 13.7. The molecule has 10 heteroatoms. The van der Waals surface area contributed by atoms with Crippen LogP contribution < -0.4 is 10.1 Å². The van der Waals surface area contributed by atoms with Gasteiger partial charge in [-0.1, -0.05) is 46.9 Å². The van der Waals surface area contributed by atoms with Crippen LogP contribution in [0.2, 0.25) is 15.1 Å². The van der Waals surface area contributed by atoms with Crippen molar-refractivity contribution in [3.8, 4) is 16.2 Å². The van der Waals surface area contributed by atoms with E-state index in [4.69, 9.17) is 39.5 Å². The number of carboxylic acid groups (broad SMARTS) is 1. The SMILES string of the molecule is COc1cc(Cl)c(C(=O)Nc2csc(-c3ccc(I)cc3)c2C(=O)O)c(Cl)c1Cl. The number of carboxylic acids is 1. The number of aromatic carboxylic acids is 1. The van der Waals surface area contributed by atoms with Gasteiger partial charge < -0.3 is 15.2 Å². The summed E-state index contributed by atoms with van der Waals surface area (Å²) >= 11 is 21.8. The normalized spacial score (nSPS) is 10.7. The predicted molar refractivity (Wildman–Crippen MR) is 125 cm³/mol. The molecule has 0 saturated carbocycles. The second kappa shape index (κ2) is 9.09. The molecule has 0 spiro atoms. The molecule has 0 aliphatic rings. The van der Waals surface area contributed by atoms with Gasteiger partial charge in [0.15, 0.2) is 0 Å². The standard InChI is InChI=1S/C19H11Cl3INO4S/c1-28-12-6-10(20)13(16(22)15(12)21)18(25)24-11-7-29-17(14(11)19(26)27)8-2-4-9(23)5-3-8/h2-7H,1H3,(H,24,25)(H,26,27). The third-order valence-electron chi connectivity index (χ3n) is 3.93. The number of thiophene rings is 1. The summed E-state index contributed by atoms with van der Waals surface area (Å²) in [4.78, 5) is 25.2. The molecule has 0 fully saturated rings. The van der Waals surface area contributed by atoms with E-state index in [9.17, 15) is 14.7 Å². The molecule has 0 unspecified atom stereocenters. The number of amides is 1. The number of carbonyl (C=O) groups is 2. The largest absolute Gasteiger partial charge is 0.495 e. The van der Waals surface area contributed by atoms with Crippen LogP contribution in [0.5, 0.6) is 5.75 Å². The molecule has 0 saturated heterocycles. The van der Waals surface area contributed by atoms with Crippen molar-refractivity contribution < 1.29 is 19.4 Å². The highest BCUT2D eigenvalue weighted by Gasteiger charge is 2.25. The molecule has 150 valence electrons. The van der Waals surface area contributed by atoms with Crippen molar-refractivity contribution in [2.75, 3.05) is 12.4 Å². The summed E-state index contributed by atoms with van der Waals surface area (Å²) in [6.45, 7) is 0. The molecule has 0 radical (unpaired) electrons. The van der Waals surface area contributed by atoms with E-state index in [1.54, 1.807) is 5.38 Å². The molecule has 0 atom stereocenters. The maximum absolute atomic E-state index is 12.8. The predicted octanol–water partition coefficient (Wildman–Crippen LogP) is 6.94. The number of anilines is 1. The minimum atomic E-state index is -1.17.